The van der Waals surface area contributed by atoms with Gasteiger partial charge in [-0.3, -0.25) is 14.5 Å². The Hall–Kier alpha value is -3.19. The second kappa shape index (κ2) is 8.22. The van der Waals surface area contributed by atoms with Crippen molar-refractivity contribution in [2.45, 2.75) is 24.8 Å². The molecule has 1 heterocycles. The summed E-state index contributed by atoms with van der Waals surface area (Å²) < 4.78 is 33.5. The predicted octanol–water partition coefficient (Wildman–Crippen LogP) is 3.90. The number of hydrogen-bond acceptors (Lipinski definition) is 5. The molecule has 1 aromatic heterocycles. The van der Waals surface area contributed by atoms with E-state index in [9.17, 15) is 13.2 Å². The molecule has 0 aliphatic carbocycles. The molecule has 3 aromatic rings. The number of hydrogen-bond donors (Lipinski definition) is 1. The molecule has 0 spiro atoms. The zero-order valence-corrected chi connectivity index (χ0v) is 16.3. The van der Waals surface area contributed by atoms with Crippen molar-refractivity contribution in [1.29, 1.82) is 0 Å². The van der Waals surface area contributed by atoms with Crippen LogP contribution in [0.15, 0.2) is 77.8 Å². The van der Waals surface area contributed by atoms with Crippen LogP contribution in [-0.2, 0) is 10.0 Å². The van der Waals surface area contributed by atoms with E-state index in [1.165, 1.54) is 24.4 Å². The molecule has 0 aliphatic rings. The van der Waals surface area contributed by atoms with Gasteiger partial charge in [0.1, 0.15) is 11.4 Å². The van der Waals surface area contributed by atoms with Crippen LogP contribution in [0.1, 0.15) is 29.9 Å². The highest BCUT2D eigenvalue weighted by molar-refractivity contribution is 7.92. The van der Waals surface area contributed by atoms with Crippen LogP contribution in [0.3, 0.4) is 0 Å². The van der Waals surface area contributed by atoms with Crippen molar-refractivity contribution in [3.63, 3.8) is 0 Å². The Morgan fingerprint density at radius 1 is 0.964 bits per heavy atom. The monoisotopic (exact) mass is 396 g/mol. The maximum Gasteiger partial charge on any atom is 0.261 e. The standard InChI is InChI=1S/C21H20N2O4S/c1-15(2)27-17-10-12-18(13-11-17)28(25,26)23-19-9-6-14-22-20(19)21(24)16-7-4-3-5-8-16/h3-15,23H,1-2H3. The number of benzene rings is 2. The maximum atomic E-state index is 12.8. The van der Waals surface area contributed by atoms with Gasteiger partial charge in [-0.05, 0) is 50.2 Å². The quantitative estimate of drug-likeness (QED) is 0.612. The number of nitrogens with zero attached hydrogens (tertiary/aromatic N) is 1. The van der Waals surface area contributed by atoms with E-state index >= 15 is 0 Å². The van der Waals surface area contributed by atoms with Gasteiger partial charge in [0, 0.05) is 11.8 Å². The molecule has 0 bridgehead atoms. The third-order valence-electron chi connectivity index (χ3n) is 3.81. The van der Waals surface area contributed by atoms with Gasteiger partial charge in [0.15, 0.2) is 0 Å². The fourth-order valence-electron chi connectivity index (χ4n) is 2.57. The SMILES string of the molecule is CC(C)Oc1ccc(S(=O)(=O)Nc2cccnc2C(=O)c2ccccc2)cc1. The summed E-state index contributed by atoms with van der Waals surface area (Å²) in [7, 11) is -3.89. The summed E-state index contributed by atoms with van der Waals surface area (Å²) >= 11 is 0. The molecule has 0 unspecified atom stereocenters. The van der Waals surface area contributed by atoms with Gasteiger partial charge in [0.25, 0.3) is 10.0 Å². The molecule has 3 rings (SSSR count). The van der Waals surface area contributed by atoms with Gasteiger partial charge in [0.2, 0.25) is 5.78 Å². The van der Waals surface area contributed by atoms with E-state index in [2.05, 4.69) is 9.71 Å². The summed E-state index contributed by atoms with van der Waals surface area (Å²) in [5.74, 6) is 0.217. The van der Waals surface area contributed by atoms with E-state index in [1.54, 1.807) is 48.5 Å². The first-order valence-corrected chi connectivity index (χ1v) is 10.2. The Labute approximate surface area is 164 Å². The third kappa shape index (κ3) is 4.55. The number of pyridine rings is 1. The number of nitrogens with one attached hydrogen (secondary N) is 1. The van der Waals surface area contributed by atoms with Gasteiger partial charge in [-0.2, -0.15) is 0 Å². The molecule has 0 atom stereocenters. The third-order valence-corrected chi connectivity index (χ3v) is 5.19. The molecule has 2 aromatic carbocycles. The average molecular weight is 396 g/mol. The molecular formula is C21H20N2O4S. The molecule has 0 aliphatic heterocycles. The molecule has 0 amide bonds. The number of sulfonamides is 1. The Morgan fingerprint density at radius 2 is 1.64 bits per heavy atom. The summed E-state index contributed by atoms with van der Waals surface area (Å²) in [6.45, 7) is 3.78. The van der Waals surface area contributed by atoms with Crippen molar-refractivity contribution < 1.29 is 17.9 Å². The number of ketones is 1. The summed E-state index contributed by atoms with van der Waals surface area (Å²) in [6.07, 6.45) is 1.44. The molecular weight excluding hydrogens is 376 g/mol. The van der Waals surface area contributed by atoms with E-state index in [-0.39, 0.29) is 28.2 Å². The molecule has 7 heteroatoms. The van der Waals surface area contributed by atoms with Gasteiger partial charge < -0.3 is 4.74 Å². The van der Waals surface area contributed by atoms with Crippen LogP contribution >= 0.6 is 0 Å². The summed E-state index contributed by atoms with van der Waals surface area (Å²) in [6, 6.07) is 17.8. The van der Waals surface area contributed by atoms with Crippen LogP contribution in [0.2, 0.25) is 0 Å². The normalized spacial score (nSPS) is 11.2. The first-order valence-electron chi connectivity index (χ1n) is 8.71. The van der Waals surface area contributed by atoms with Crippen LogP contribution in [0.4, 0.5) is 5.69 Å². The van der Waals surface area contributed by atoms with Crippen LogP contribution in [0, 0.1) is 0 Å². The summed E-state index contributed by atoms with van der Waals surface area (Å²) in [5.41, 5.74) is 0.590. The van der Waals surface area contributed by atoms with Crippen molar-refractivity contribution >= 4 is 21.5 Å². The predicted molar refractivity (Wildman–Crippen MR) is 107 cm³/mol. The highest BCUT2D eigenvalue weighted by atomic mass is 32.2. The van der Waals surface area contributed by atoms with Gasteiger partial charge in [-0.25, -0.2) is 8.42 Å². The van der Waals surface area contributed by atoms with E-state index in [0.717, 1.165) is 0 Å². The van der Waals surface area contributed by atoms with Crippen LogP contribution in [-0.4, -0.2) is 25.3 Å². The second-order valence-corrected chi connectivity index (χ2v) is 8.02. The molecule has 0 saturated carbocycles. The zero-order valence-electron chi connectivity index (χ0n) is 15.5. The summed E-state index contributed by atoms with van der Waals surface area (Å²) in [4.78, 5) is 16.9. The first kappa shape index (κ1) is 19.6. The minimum Gasteiger partial charge on any atom is -0.491 e. The van der Waals surface area contributed by atoms with Crippen molar-refractivity contribution in [3.05, 3.63) is 84.2 Å². The Morgan fingerprint density at radius 3 is 2.29 bits per heavy atom. The second-order valence-electron chi connectivity index (χ2n) is 6.34. The fraction of sp³-hybridized carbons (Fsp3) is 0.143. The molecule has 144 valence electrons. The van der Waals surface area contributed by atoms with Crippen LogP contribution in [0.5, 0.6) is 5.75 Å². The maximum absolute atomic E-state index is 12.8. The van der Waals surface area contributed by atoms with Crippen molar-refractivity contribution in [2.75, 3.05) is 4.72 Å². The van der Waals surface area contributed by atoms with E-state index in [1.807, 2.05) is 13.8 Å². The fourth-order valence-corrected chi connectivity index (χ4v) is 3.63. The minimum absolute atomic E-state index is 0.0115. The number of rotatable bonds is 7. The van der Waals surface area contributed by atoms with Crippen molar-refractivity contribution in [1.82, 2.24) is 4.98 Å². The zero-order chi connectivity index (χ0) is 20.1. The first-order chi connectivity index (χ1) is 13.4. The molecule has 0 fully saturated rings. The lowest BCUT2D eigenvalue weighted by Crippen LogP contribution is -2.17. The van der Waals surface area contributed by atoms with Crippen molar-refractivity contribution in [2.24, 2.45) is 0 Å². The minimum atomic E-state index is -3.89. The van der Waals surface area contributed by atoms with Gasteiger partial charge in [-0.1, -0.05) is 30.3 Å². The Balaban J connectivity index is 1.88. The number of ether oxygens (including phenoxy) is 1. The van der Waals surface area contributed by atoms with Crippen LogP contribution < -0.4 is 9.46 Å². The molecule has 28 heavy (non-hydrogen) atoms. The Bertz CT molecular complexity index is 1060. The Kier molecular flexibility index (Phi) is 5.75. The highest BCUT2D eigenvalue weighted by Gasteiger charge is 2.20. The molecule has 0 saturated heterocycles. The van der Waals surface area contributed by atoms with Gasteiger partial charge >= 0.3 is 0 Å². The van der Waals surface area contributed by atoms with Crippen molar-refractivity contribution in [3.8, 4) is 5.75 Å². The average Bonchev–Trinajstić information content (AvgIpc) is 2.68. The smallest absolute Gasteiger partial charge is 0.261 e. The lowest BCUT2D eigenvalue weighted by molar-refractivity contribution is 0.103. The lowest BCUT2D eigenvalue weighted by Gasteiger charge is -2.13. The molecule has 1 N–H and O–H groups in total. The van der Waals surface area contributed by atoms with E-state index < -0.39 is 10.0 Å². The van der Waals surface area contributed by atoms with E-state index in [4.69, 9.17) is 4.74 Å². The summed E-state index contributed by atoms with van der Waals surface area (Å²) in [5, 5.41) is 0. The largest absolute Gasteiger partial charge is 0.491 e. The number of carbonyl (C=O) groups excluding carboxylic acids is 1. The number of carbonyl (C=O) groups is 1. The molecule has 6 nitrogen and oxygen atoms in total. The van der Waals surface area contributed by atoms with Gasteiger partial charge in [0.05, 0.1) is 16.7 Å². The number of anilines is 1. The molecule has 0 radical (unpaired) electrons. The van der Waals surface area contributed by atoms with E-state index in [0.29, 0.717) is 11.3 Å². The number of aromatic nitrogens is 1. The lowest BCUT2D eigenvalue weighted by atomic mass is 10.1. The van der Waals surface area contributed by atoms with Gasteiger partial charge in [-0.15, -0.1) is 0 Å². The topological polar surface area (TPSA) is 85.4 Å². The highest BCUT2D eigenvalue weighted by Crippen LogP contribution is 2.23. The van der Waals surface area contributed by atoms with Crippen LogP contribution in [0.25, 0.3) is 0 Å².